The summed E-state index contributed by atoms with van der Waals surface area (Å²) in [5.41, 5.74) is -1.48. The van der Waals surface area contributed by atoms with Gasteiger partial charge in [-0.15, -0.1) is 6.58 Å². The van der Waals surface area contributed by atoms with Gasteiger partial charge in [-0.1, -0.05) is 12.1 Å². The Labute approximate surface area is 90.0 Å². The predicted octanol–water partition coefficient (Wildman–Crippen LogP) is 3.13. The highest BCUT2D eigenvalue weighted by Crippen LogP contribution is 2.32. The number of hydrogen-bond acceptors (Lipinski definition) is 1. The van der Waals surface area contributed by atoms with Crippen molar-refractivity contribution in [3.8, 4) is 0 Å². The minimum Gasteiger partial charge on any atom is -0.478 e. The first kappa shape index (κ1) is 12.3. The van der Waals surface area contributed by atoms with E-state index in [1.807, 2.05) is 0 Å². The predicted molar refractivity (Wildman–Crippen MR) is 52.3 cm³/mol. The Morgan fingerprint density at radius 1 is 1.44 bits per heavy atom. The van der Waals surface area contributed by atoms with Crippen LogP contribution in [0.15, 0.2) is 30.9 Å². The van der Waals surface area contributed by atoms with Crippen molar-refractivity contribution in [2.75, 3.05) is 0 Å². The molecule has 0 aliphatic rings. The number of alkyl halides is 3. The van der Waals surface area contributed by atoms with Crippen molar-refractivity contribution in [2.45, 2.75) is 12.6 Å². The van der Waals surface area contributed by atoms with Gasteiger partial charge in [-0.3, -0.25) is 0 Å². The average Bonchev–Trinajstić information content (AvgIpc) is 2.16. The third-order valence-corrected chi connectivity index (χ3v) is 2.00. The molecule has 0 saturated carbocycles. The summed E-state index contributed by atoms with van der Waals surface area (Å²) in [5.74, 6) is -1.59. The molecule has 1 aromatic rings. The van der Waals surface area contributed by atoms with Crippen LogP contribution in [0.5, 0.6) is 0 Å². The summed E-state index contributed by atoms with van der Waals surface area (Å²) < 4.78 is 37.6. The van der Waals surface area contributed by atoms with Gasteiger partial charge in [-0.2, -0.15) is 13.2 Å². The first-order valence-corrected chi connectivity index (χ1v) is 4.40. The minimum atomic E-state index is -4.66. The molecule has 0 fully saturated rings. The van der Waals surface area contributed by atoms with Gasteiger partial charge in [0.2, 0.25) is 0 Å². The number of hydrogen-bond donors (Lipinski definition) is 1. The van der Waals surface area contributed by atoms with Gasteiger partial charge in [0.1, 0.15) is 0 Å². The highest BCUT2D eigenvalue weighted by Gasteiger charge is 2.35. The van der Waals surface area contributed by atoms with Crippen molar-refractivity contribution < 1.29 is 23.1 Å². The van der Waals surface area contributed by atoms with Gasteiger partial charge in [0.15, 0.2) is 0 Å². The van der Waals surface area contributed by atoms with Crippen molar-refractivity contribution >= 4 is 5.97 Å². The van der Waals surface area contributed by atoms with E-state index in [0.717, 1.165) is 12.1 Å². The van der Waals surface area contributed by atoms with Crippen molar-refractivity contribution in [1.82, 2.24) is 0 Å². The van der Waals surface area contributed by atoms with Crippen molar-refractivity contribution in [2.24, 2.45) is 0 Å². The normalized spacial score (nSPS) is 11.2. The molecule has 16 heavy (non-hydrogen) atoms. The van der Waals surface area contributed by atoms with E-state index in [1.165, 1.54) is 12.1 Å². The largest absolute Gasteiger partial charge is 0.478 e. The quantitative estimate of drug-likeness (QED) is 0.810. The van der Waals surface area contributed by atoms with Crippen LogP contribution < -0.4 is 0 Å². The van der Waals surface area contributed by atoms with Gasteiger partial charge >= 0.3 is 12.1 Å². The van der Waals surface area contributed by atoms with Crippen LogP contribution in [0.2, 0.25) is 0 Å². The van der Waals surface area contributed by atoms with Crippen LogP contribution in [0, 0.1) is 0 Å². The fraction of sp³-hybridized carbons (Fsp3) is 0.182. The number of allylic oxidation sites excluding steroid dienone is 1. The molecule has 0 aliphatic heterocycles. The van der Waals surface area contributed by atoms with Crippen LogP contribution >= 0.6 is 0 Å². The minimum absolute atomic E-state index is 0.267. The maximum atomic E-state index is 12.5. The molecule has 0 atom stereocenters. The van der Waals surface area contributed by atoms with Gasteiger partial charge in [0, 0.05) is 0 Å². The molecular formula is C11H9F3O2. The Morgan fingerprint density at radius 3 is 2.50 bits per heavy atom. The van der Waals surface area contributed by atoms with E-state index in [0.29, 0.717) is 5.56 Å². The molecule has 0 aromatic heterocycles. The Balaban J connectivity index is 3.32. The summed E-state index contributed by atoms with van der Waals surface area (Å²) in [4.78, 5) is 10.6. The number of benzene rings is 1. The van der Waals surface area contributed by atoms with Crippen LogP contribution in [0.4, 0.5) is 13.2 Å². The van der Waals surface area contributed by atoms with Crippen LogP contribution in [-0.4, -0.2) is 11.1 Å². The molecule has 0 bridgehead atoms. The van der Waals surface area contributed by atoms with Crippen LogP contribution in [0.1, 0.15) is 21.5 Å². The Hall–Kier alpha value is -1.78. The van der Waals surface area contributed by atoms with Crippen LogP contribution in [-0.2, 0) is 12.6 Å². The van der Waals surface area contributed by atoms with E-state index in [4.69, 9.17) is 5.11 Å². The maximum absolute atomic E-state index is 12.5. The molecule has 0 amide bonds. The standard InChI is InChI=1S/C11H9F3O2/c1-2-3-7-4-5-8(10(15)16)9(6-7)11(12,13)14/h2,4-6H,1,3H2,(H,15,16). The molecule has 86 valence electrons. The summed E-state index contributed by atoms with van der Waals surface area (Å²) in [6.45, 7) is 3.41. The van der Waals surface area contributed by atoms with Crippen molar-refractivity contribution in [1.29, 1.82) is 0 Å². The van der Waals surface area contributed by atoms with Crippen LogP contribution in [0.25, 0.3) is 0 Å². The second-order valence-electron chi connectivity index (χ2n) is 3.18. The second-order valence-corrected chi connectivity index (χ2v) is 3.18. The maximum Gasteiger partial charge on any atom is 0.417 e. The zero-order valence-electron chi connectivity index (χ0n) is 8.21. The summed E-state index contributed by atoms with van der Waals surface area (Å²) in [7, 11) is 0. The number of rotatable bonds is 3. The molecule has 5 heteroatoms. The highest BCUT2D eigenvalue weighted by molar-refractivity contribution is 5.89. The van der Waals surface area contributed by atoms with E-state index < -0.39 is 23.3 Å². The molecule has 1 N–H and O–H groups in total. The number of carboxylic acids is 1. The lowest BCUT2D eigenvalue weighted by Gasteiger charge is -2.11. The third-order valence-electron chi connectivity index (χ3n) is 2.00. The second kappa shape index (κ2) is 4.38. The van der Waals surface area contributed by atoms with E-state index >= 15 is 0 Å². The summed E-state index contributed by atoms with van der Waals surface area (Å²) >= 11 is 0. The topological polar surface area (TPSA) is 37.3 Å². The number of carbonyl (C=O) groups is 1. The molecule has 0 aliphatic carbocycles. The van der Waals surface area contributed by atoms with Gasteiger partial charge in [-0.05, 0) is 24.1 Å². The number of halogens is 3. The number of carboxylic acid groups (broad SMARTS) is 1. The molecular weight excluding hydrogens is 221 g/mol. The van der Waals surface area contributed by atoms with E-state index in [-0.39, 0.29) is 6.42 Å². The Kier molecular flexibility index (Phi) is 3.37. The molecule has 0 unspecified atom stereocenters. The lowest BCUT2D eigenvalue weighted by atomic mass is 10.0. The zero-order chi connectivity index (χ0) is 12.3. The molecule has 0 saturated heterocycles. The summed E-state index contributed by atoms with van der Waals surface area (Å²) in [6, 6.07) is 3.15. The molecule has 0 spiro atoms. The first-order valence-electron chi connectivity index (χ1n) is 4.40. The zero-order valence-corrected chi connectivity index (χ0v) is 8.21. The Bertz CT molecular complexity index is 422. The van der Waals surface area contributed by atoms with Crippen LogP contribution in [0.3, 0.4) is 0 Å². The average molecular weight is 230 g/mol. The Morgan fingerprint density at radius 2 is 2.06 bits per heavy atom. The fourth-order valence-corrected chi connectivity index (χ4v) is 1.31. The molecule has 0 heterocycles. The summed E-state index contributed by atoms with van der Waals surface area (Å²) in [6.07, 6.45) is -2.94. The molecule has 1 aromatic carbocycles. The molecule has 0 radical (unpaired) electrons. The monoisotopic (exact) mass is 230 g/mol. The fourth-order valence-electron chi connectivity index (χ4n) is 1.31. The SMILES string of the molecule is C=CCc1ccc(C(=O)O)c(C(F)(F)F)c1. The highest BCUT2D eigenvalue weighted by atomic mass is 19.4. The van der Waals surface area contributed by atoms with Gasteiger partial charge < -0.3 is 5.11 Å². The lowest BCUT2D eigenvalue weighted by Crippen LogP contribution is -2.13. The third kappa shape index (κ3) is 2.62. The molecule has 2 nitrogen and oxygen atoms in total. The smallest absolute Gasteiger partial charge is 0.417 e. The van der Waals surface area contributed by atoms with Gasteiger partial charge in [0.05, 0.1) is 11.1 Å². The first-order chi connectivity index (χ1) is 7.36. The van der Waals surface area contributed by atoms with E-state index in [1.54, 1.807) is 0 Å². The van der Waals surface area contributed by atoms with E-state index in [9.17, 15) is 18.0 Å². The molecule has 1 rings (SSSR count). The van der Waals surface area contributed by atoms with Crippen molar-refractivity contribution in [3.05, 3.63) is 47.5 Å². The lowest BCUT2D eigenvalue weighted by molar-refractivity contribution is -0.138. The van der Waals surface area contributed by atoms with Gasteiger partial charge in [0.25, 0.3) is 0 Å². The number of aromatic carboxylic acids is 1. The summed E-state index contributed by atoms with van der Waals surface area (Å²) in [5, 5.41) is 8.63. The van der Waals surface area contributed by atoms with Crippen molar-refractivity contribution in [3.63, 3.8) is 0 Å². The van der Waals surface area contributed by atoms with E-state index in [2.05, 4.69) is 6.58 Å². The van der Waals surface area contributed by atoms with Gasteiger partial charge in [-0.25, -0.2) is 4.79 Å².